The van der Waals surface area contributed by atoms with Crippen LogP contribution in [-0.4, -0.2) is 40.2 Å². The number of nitrogens with one attached hydrogen (secondary N) is 1. The Labute approximate surface area is 204 Å². The van der Waals surface area contributed by atoms with Crippen molar-refractivity contribution in [2.45, 2.75) is 60.4 Å². The topological polar surface area (TPSA) is 63.2 Å². The monoisotopic (exact) mass is 471 g/mol. The van der Waals surface area contributed by atoms with Crippen molar-refractivity contribution in [3.63, 3.8) is 0 Å². The first kappa shape index (κ1) is 20.6. The van der Waals surface area contributed by atoms with Crippen LogP contribution in [-0.2, 0) is 12.8 Å². The molecule has 2 aromatic heterocycles. The van der Waals surface area contributed by atoms with E-state index < -0.39 is 0 Å². The molecular weight excluding hydrogens is 442 g/mol. The van der Waals surface area contributed by atoms with Crippen LogP contribution in [0.3, 0.4) is 0 Å². The Kier molecular flexibility index (Phi) is 4.76. The zero-order chi connectivity index (χ0) is 22.6. The van der Waals surface area contributed by atoms with Crippen molar-refractivity contribution in [3.8, 4) is 5.75 Å². The van der Waals surface area contributed by atoms with Gasteiger partial charge in [-0.05, 0) is 67.6 Å². The average Bonchev–Trinajstić information content (AvgIpc) is 3.21. The van der Waals surface area contributed by atoms with Gasteiger partial charge in [0, 0.05) is 19.3 Å². The number of benzene rings is 1. The first-order valence-electron chi connectivity index (χ1n) is 12.4. The highest BCUT2D eigenvalue weighted by Crippen LogP contribution is 2.47. The van der Waals surface area contributed by atoms with Gasteiger partial charge in [0.1, 0.15) is 17.5 Å². The molecule has 2 aliphatic carbocycles. The van der Waals surface area contributed by atoms with Crippen LogP contribution in [0, 0.1) is 5.41 Å². The van der Waals surface area contributed by atoms with Gasteiger partial charge in [-0.1, -0.05) is 36.0 Å². The average molecular weight is 472 g/mol. The Morgan fingerprint density at radius 2 is 1.71 bits per heavy atom. The number of pyridine rings is 1. The molecule has 0 unspecified atom stereocenters. The molecule has 7 heteroatoms. The molecule has 6 nitrogen and oxygen atoms in total. The lowest BCUT2D eigenvalue weighted by Crippen LogP contribution is -2.52. The van der Waals surface area contributed by atoms with E-state index in [0.29, 0.717) is 12.0 Å². The number of fused-ring (bicyclic) bond motifs is 2. The van der Waals surface area contributed by atoms with Crippen molar-refractivity contribution in [2.75, 3.05) is 29.9 Å². The summed E-state index contributed by atoms with van der Waals surface area (Å²) < 4.78 is 6.17. The molecule has 0 bridgehead atoms. The summed E-state index contributed by atoms with van der Waals surface area (Å²) in [6.07, 6.45) is 14.1. The highest BCUT2D eigenvalue weighted by molar-refractivity contribution is 7.99. The second kappa shape index (κ2) is 7.87. The SMILES string of the molecule is c1ccc2c(c1)CC1(CCN(c3cnc(Sc4ccnc5c4OCC4(CCC4)N5)cn3)CC1)C2. The lowest BCUT2D eigenvalue weighted by atomic mass is 9.76. The standard InChI is InChI=1S/C27H29N5OS/c1-2-5-20-15-26(14-19(20)4-1)9-12-32(13-10-26)22-16-30-23(17-29-22)34-21-6-11-28-25-24(21)33-18-27(31-25)7-3-8-27/h1-2,4-6,11,16-17H,3,7-10,12-15,18H2,(H,28,31). The molecule has 1 saturated carbocycles. The van der Waals surface area contributed by atoms with Gasteiger partial charge in [0.2, 0.25) is 0 Å². The number of nitrogens with zero attached hydrogens (tertiary/aromatic N) is 4. The van der Waals surface area contributed by atoms with Gasteiger partial charge >= 0.3 is 0 Å². The fourth-order valence-corrected chi connectivity index (χ4v) is 6.90. The lowest BCUT2D eigenvalue weighted by Gasteiger charge is -2.45. The maximum Gasteiger partial charge on any atom is 0.175 e. The molecule has 0 atom stereocenters. The van der Waals surface area contributed by atoms with Gasteiger partial charge in [0.15, 0.2) is 11.6 Å². The number of anilines is 2. The minimum Gasteiger partial charge on any atom is -0.486 e. The summed E-state index contributed by atoms with van der Waals surface area (Å²) in [7, 11) is 0. The van der Waals surface area contributed by atoms with Gasteiger partial charge in [0.05, 0.1) is 22.8 Å². The van der Waals surface area contributed by atoms with E-state index in [-0.39, 0.29) is 5.54 Å². The van der Waals surface area contributed by atoms with E-state index in [1.807, 2.05) is 24.7 Å². The Bertz CT molecular complexity index is 1190. The van der Waals surface area contributed by atoms with E-state index in [1.165, 1.54) is 32.1 Å². The molecule has 2 aliphatic heterocycles. The maximum atomic E-state index is 6.17. The highest BCUT2D eigenvalue weighted by Gasteiger charge is 2.42. The summed E-state index contributed by atoms with van der Waals surface area (Å²) in [6.45, 7) is 2.81. The fourth-order valence-electron chi connectivity index (χ4n) is 6.08. The van der Waals surface area contributed by atoms with Crippen LogP contribution in [0.25, 0.3) is 0 Å². The van der Waals surface area contributed by atoms with Crippen LogP contribution in [0.5, 0.6) is 5.75 Å². The summed E-state index contributed by atoms with van der Waals surface area (Å²) in [5.74, 6) is 2.68. The molecular formula is C27H29N5OS. The van der Waals surface area contributed by atoms with Crippen LogP contribution < -0.4 is 15.0 Å². The molecule has 2 spiro atoms. The molecule has 2 fully saturated rings. The molecule has 1 saturated heterocycles. The fraction of sp³-hybridized carbons (Fsp3) is 0.444. The highest BCUT2D eigenvalue weighted by atomic mass is 32.2. The van der Waals surface area contributed by atoms with E-state index >= 15 is 0 Å². The second-order valence-corrected chi connectivity index (χ2v) is 11.5. The summed E-state index contributed by atoms with van der Waals surface area (Å²) in [4.78, 5) is 17.5. The normalized spacial score (nSPS) is 21.4. The summed E-state index contributed by atoms with van der Waals surface area (Å²) in [6, 6.07) is 11.0. The van der Waals surface area contributed by atoms with E-state index in [4.69, 9.17) is 14.7 Å². The van der Waals surface area contributed by atoms with Gasteiger partial charge in [-0.15, -0.1) is 0 Å². The summed E-state index contributed by atoms with van der Waals surface area (Å²) in [5, 5.41) is 4.50. The molecule has 4 aliphatic rings. The van der Waals surface area contributed by atoms with Gasteiger partial charge < -0.3 is 15.0 Å². The second-order valence-electron chi connectivity index (χ2n) is 10.5. The zero-order valence-electron chi connectivity index (χ0n) is 19.3. The van der Waals surface area contributed by atoms with Crippen molar-refractivity contribution in [1.82, 2.24) is 15.0 Å². The van der Waals surface area contributed by atoms with Gasteiger partial charge in [0.25, 0.3) is 0 Å². The van der Waals surface area contributed by atoms with Crippen molar-refractivity contribution in [2.24, 2.45) is 5.41 Å². The van der Waals surface area contributed by atoms with Crippen LogP contribution in [0.15, 0.2) is 58.8 Å². The van der Waals surface area contributed by atoms with E-state index in [1.54, 1.807) is 22.9 Å². The van der Waals surface area contributed by atoms with Gasteiger partial charge in [-0.25, -0.2) is 15.0 Å². The van der Waals surface area contributed by atoms with Crippen LogP contribution in [0.2, 0.25) is 0 Å². The Hall–Kier alpha value is -2.80. The minimum absolute atomic E-state index is 0.0963. The van der Waals surface area contributed by atoms with Crippen LogP contribution >= 0.6 is 11.8 Å². The smallest absolute Gasteiger partial charge is 0.175 e. The molecule has 34 heavy (non-hydrogen) atoms. The van der Waals surface area contributed by atoms with Gasteiger partial charge in [-0.2, -0.15) is 0 Å². The number of hydrogen-bond acceptors (Lipinski definition) is 7. The minimum atomic E-state index is 0.0963. The zero-order valence-corrected chi connectivity index (χ0v) is 20.1. The van der Waals surface area contributed by atoms with E-state index in [0.717, 1.165) is 53.2 Å². The summed E-state index contributed by atoms with van der Waals surface area (Å²) in [5.41, 5.74) is 3.64. The van der Waals surface area contributed by atoms with Crippen LogP contribution in [0.1, 0.15) is 43.2 Å². The quantitative estimate of drug-likeness (QED) is 0.568. The third kappa shape index (κ3) is 3.52. The number of ether oxygens (including phenoxy) is 1. The van der Waals surface area contributed by atoms with Gasteiger partial charge in [-0.3, -0.25) is 0 Å². The number of hydrogen-bond donors (Lipinski definition) is 1. The number of rotatable bonds is 3. The molecule has 0 amide bonds. The third-order valence-electron chi connectivity index (χ3n) is 8.28. The maximum absolute atomic E-state index is 6.17. The molecule has 3 aromatic rings. The molecule has 7 rings (SSSR count). The molecule has 0 radical (unpaired) electrons. The van der Waals surface area contributed by atoms with E-state index in [9.17, 15) is 0 Å². The molecule has 1 aromatic carbocycles. The first-order valence-corrected chi connectivity index (χ1v) is 13.2. The van der Waals surface area contributed by atoms with Crippen LogP contribution in [0.4, 0.5) is 11.6 Å². The Balaban J connectivity index is 1.01. The lowest BCUT2D eigenvalue weighted by molar-refractivity contribution is 0.144. The van der Waals surface area contributed by atoms with Crippen molar-refractivity contribution >= 4 is 23.4 Å². The van der Waals surface area contributed by atoms with Crippen molar-refractivity contribution in [3.05, 3.63) is 60.0 Å². The largest absolute Gasteiger partial charge is 0.486 e. The number of aromatic nitrogens is 3. The first-order chi connectivity index (χ1) is 16.7. The molecule has 4 heterocycles. The van der Waals surface area contributed by atoms with E-state index in [2.05, 4.69) is 39.5 Å². The predicted molar refractivity (Wildman–Crippen MR) is 134 cm³/mol. The Morgan fingerprint density at radius 1 is 0.912 bits per heavy atom. The third-order valence-corrected chi connectivity index (χ3v) is 9.24. The Morgan fingerprint density at radius 3 is 2.38 bits per heavy atom. The van der Waals surface area contributed by atoms with Crippen molar-refractivity contribution in [1.29, 1.82) is 0 Å². The molecule has 174 valence electrons. The molecule has 1 N–H and O–H groups in total. The summed E-state index contributed by atoms with van der Waals surface area (Å²) >= 11 is 1.59. The number of piperidine rings is 1. The van der Waals surface area contributed by atoms with Crippen molar-refractivity contribution < 1.29 is 4.74 Å². The predicted octanol–water partition coefficient (Wildman–Crippen LogP) is 5.14.